The average Bonchev–Trinajstić information content (AvgIpc) is 3.00. The van der Waals surface area contributed by atoms with E-state index in [0.717, 1.165) is 18.4 Å². The Balaban J connectivity index is 2.42. The van der Waals surface area contributed by atoms with E-state index < -0.39 is 7.12 Å². The summed E-state index contributed by atoms with van der Waals surface area (Å²) in [6.07, 6.45) is 2.19. The van der Waals surface area contributed by atoms with Crippen LogP contribution in [0.5, 0.6) is 0 Å². The third-order valence-electron chi connectivity index (χ3n) is 2.51. The highest BCUT2D eigenvalue weighted by Gasteiger charge is 2.27. The van der Waals surface area contributed by atoms with Gasteiger partial charge < -0.3 is 10.0 Å². The Hall–Kier alpha value is -1.31. The molecular formula is C10H10BNO2. The molecule has 0 aromatic heterocycles. The van der Waals surface area contributed by atoms with E-state index >= 15 is 0 Å². The molecule has 14 heavy (non-hydrogen) atoms. The minimum absolute atomic E-state index is 0.448. The predicted molar refractivity (Wildman–Crippen MR) is 53.0 cm³/mol. The highest BCUT2D eigenvalue weighted by atomic mass is 16.4. The van der Waals surface area contributed by atoms with Crippen molar-refractivity contribution in [2.24, 2.45) is 0 Å². The predicted octanol–water partition coefficient (Wildman–Crippen LogP) is 0.115. The first kappa shape index (κ1) is 9.26. The maximum absolute atomic E-state index is 8.99. The van der Waals surface area contributed by atoms with Gasteiger partial charge >= 0.3 is 7.12 Å². The number of rotatable bonds is 2. The number of nitriles is 1. The van der Waals surface area contributed by atoms with Gasteiger partial charge in [-0.25, -0.2) is 0 Å². The number of benzene rings is 1. The van der Waals surface area contributed by atoms with Crippen LogP contribution in [0.3, 0.4) is 0 Å². The Bertz CT molecular complexity index is 394. The van der Waals surface area contributed by atoms with Crippen molar-refractivity contribution in [2.45, 2.75) is 18.8 Å². The fourth-order valence-electron chi connectivity index (χ4n) is 1.58. The number of nitrogens with zero attached hydrogens (tertiary/aromatic N) is 1. The molecular weight excluding hydrogens is 177 g/mol. The summed E-state index contributed by atoms with van der Waals surface area (Å²) in [5.74, 6) is 0.448. The molecule has 0 heterocycles. The smallest absolute Gasteiger partial charge is 0.423 e. The Morgan fingerprint density at radius 1 is 1.36 bits per heavy atom. The van der Waals surface area contributed by atoms with Crippen LogP contribution < -0.4 is 5.46 Å². The number of hydrogen-bond acceptors (Lipinski definition) is 3. The minimum Gasteiger partial charge on any atom is -0.423 e. The molecule has 2 N–H and O–H groups in total. The van der Waals surface area contributed by atoms with Crippen LogP contribution in [0.2, 0.25) is 0 Å². The maximum Gasteiger partial charge on any atom is 0.488 e. The lowest BCUT2D eigenvalue weighted by molar-refractivity contribution is 0.425. The molecule has 4 heteroatoms. The van der Waals surface area contributed by atoms with Crippen molar-refractivity contribution in [2.75, 3.05) is 0 Å². The molecule has 1 aliphatic carbocycles. The van der Waals surface area contributed by atoms with E-state index in [1.54, 1.807) is 18.2 Å². The van der Waals surface area contributed by atoms with Gasteiger partial charge in [-0.2, -0.15) is 5.26 Å². The van der Waals surface area contributed by atoms with Crippen molar-refractivity contribution < 1.29 is 10.0 Å². The normalized spacial score (nSPS) is 14.9. The molecule has 3 nitrogen and oxygen atoms in total. The Morgan fingerprint density at radius 3 is 2.57 bits per heavy atom. The van der Waals surface area contributed by atoms with Gasteiger partial charge in [0.1, 0.15) is 0 Å². The molecule has 0 atom stereocenters. The molecule has 1 aliphatic rings. The third-order valence-corrected chi connectivity index (χ3v) is 2.51. The van der Waals surface area contributed by atoms with E-state index in [4.69, 9.17) is 15.3 Å². The van der Waals surface area contributed by atoms with Crippen molar-refractivity contribution in [1.29, 1.82) is 5.26 Å². The van der Waals surface area contributed by atoms with E-state index in [1.165, 1.54) is 0 Å². The van der Waals surface area contributed by atoms with Crippen LogP contribution in [0, 0.1) is 11.3 Å². The minimum atomic E-state index is -1.44. The van der Waals surface area contributed by atoms with Crippen molar-refractivity contribution in [3.05, 3.63) is 29.3 Å². The van der Waals surface area contributed by atoms with Crippen molar-refractivity contribution in [3.63, 3.8) is 0 Å². The Kier molecular flexibility index (Phi) is 2.28. The van der Waals surface area contributed by atoms with Gasteiger partial charge in [-0.05, 0) is 35.9 Å². The lowest BCUT2D eigenvalue weighted by Crippen LogP contribution is -2.30. The molecule has 0 radical (unpaired) electrons. The molecule has 2 rings (SSSR count). The second-order valence-corrected chi connectivity index (χ2v) is 3.61. The monoisotopic (exact) mass is 187 g/mol. The summed E-state index contributed by atoms with van der Waals surface area (Å²) >= 11 is 0. The number of hydrogen-bond donors (Lipinski definition) is 2. The van der Waals surface area contributed by atoms with E-state index in [1.807, 2.05) is 0 Å². The molecule has 0 amide bonds. The summed E-state index contributed by atoms with van der Waals surface area (Å²) in [4.78, 5) is 0. The summed E-state index contributed by atoms with van der Waals surface area (Å²) in [5, 5.41) is 26.8. The first-order valence-corrected chi connectivity index (χ1v) is 4.62. The molecule has 1 fully saturated rings. The zero-order chi connectivity index (χ0) is 10.1. The van der Waals surface area contributed by atoms with Crippen LogP contribution in [0.25, 0.3) is 0 Å². The van der Waals surface area contributed by atoms with Crippen molar-refractivity contribution in [3.8, 4) is 6.07 Å². The highest BCUT2D eigenvalue weighted by Crippen LogP contribution is 2.41. The van der Waals surface area contributed by atoms with Crippen LogP contribution in [-0.2, 0) is 0 Å². The molecule has 1 aromatic rings. The second-order valence-electron chi connectivity index (χ2n) is 3.61. The first-order valence-electron chi connectivity index (χ1n) is 4.62. The molecule has 1 saturated carbocycles. The van der Waals surface area contributed by atoms with E-state index in [-0.39, 0.29) is 0 Å². The van der Waals surface area contributed by atoms with Gasteiger partial charge in [-0.1, -0.05) is 12.1 Å². The van der Waals surface area contributed by atoms with Gasteiger partial charge in [0, 0.05) is 0 Å². The Labute approximate surface area is 82.8 Å². The van der Waals surface area contributed by atoms with Gasteiger partial charge in [0.2, 0.25) is 0 Å². The van der Waals surface area contributed by atoms with Gasteiger partial charge in [0.05, 0.1) is 11.6 Å². The van der Waals surface area contributed by atoms with Gasteiger partial charge in [0.25, 0.3) is 0 Å². The third kappa shape index (κ3) is 1.65. The molecule has 0 aliphatic heterocycles. The van der Waals surface area contributed by atoms with Gasteiger partial charge in [-0.3, -0.25) is 0 Å². The molecule has 0 spiro atoms. The molecule has 1 aromatic carbocycles. The summed E-state index contributed by atoms with van der Waals surface area (Å²) in [5.41, 5.74) is 2.07. The Morgan fingerprint density at radius 2 is 2.07 bits per heavy atom. The van der Waals surface area contributed by atoms with Crippen molar-refractivity contribution in [1.82, 2.24) is 0 Å². The van der Waals surface area contributed by atoms with E-state index in [0.29, 0.717) is 16.9 Å². The SMILES string of the molecule is N#Cc1ccc(B(O)O)cc1C1CC1. The fraction of sp³-hybridized carbons (Fsp3) is 0.300. The van der Waals surface area contributed by atoms with Crippen LogP contribution in [0.1, 0.15) is 29.9 Å². The lowest BCUT2D eigenvalue weighted by Gasteiger charge is -2.05. The molecule has 0 bridgehead atoms. The van der Waals surface area contributed by atoms with Gasteiger partial charge in [-0.15, -0.1) is 0 Å². The molecule has 0 unspecified atom stereocenters. The van der Waals surface area contributed by atoms with Crippen LogP contribution >= 0.6 is 0 Å². The first-order chi connectivity index (χ1) is 6.72. The quantitative estimate of drug-likeness (QED) is 0.646. The van der Waals surface area contributed by atoms with Gasteiger partial charge in [0.15, 0.2) is 0 Å². The fourth-order valence-corrected chi connectivity index (χ4v) is 1.58. The zero-order valence-corrected chi connectivity index (χ0v) is 7.64. The zero-order valence-electron chi connectivity index (χ0n) is 7.64. The van der Waals surface area contributed by atoms with Crippen molar-refractivity contribution >= 4 is 12.6 Å². The molecule has 0 saturated heterocycles. The summed E-state index contributed by atoms with van der Waals surface area (Å²) in [6, 6.07) is 7.08. The standard InChI is InChI=1S/C10H10BNO2/c12-6-8-3-4-9(11(13)14)5-10(8)7-1-2-7/h3-5,7,13-14H,1-2H2. The van der Waals surface area contributed by atoms with Crippen LogP contribution in [-0.4, -0.2) is 17.2 Å². The van der Waals surface area contributed by atoms with E-state index in [2.05, 4.69) is 6.07 Å². The maximum atomic E-state index is 8.99. The van der Waals surface area contributed by atoms with Crippen LogP contribution in [0.15, 0.2) is 18.2 Å². The second kappa shape index (κ2) is 3.45. The topological polar surface area (TPSA) is 64.2 Å². The molecule has 70 valence electrons. The summed E-state index contributed by atoms with van der Waals surface area (Å²) < 4.78 is 0. The van der Waals surface area contributed by atoms with Crippen LogP contribution in [0.4, 0.5) is 0 Å². The largest absolute Gasteiger partial charge is 0.488 e. The van der Waals surface area contributed by atoms with E-state index in [9.17, 15) is 0 Å². The summed E-state index contributed by atoms with van der Waals surface area (Å²) in [6.45, 7) is 0. The average molecular weight is 187 g/mol. The lowest BCUT2D eigenvalue weighted by atomic mass is 9.78. The highest BCUT2D eigenvalue weighted by molar-refractivity contribution is 6.58. The summed E-state index contributed by atoms with van der Waals surface area (Å²) in [7, 11) is -1.44.